The van der Waals surface area contributed by atoms with Crippen LogP contribution >= 0.6 is 0 Å². The molecule has 1 aromatic heterocycles. The summed E-state index contributed by atoms with van der Waals surface area (Å²) in [6.07, 6.45) is 7.29. The maximum Gasteiger partial charge on any atom is 0.268 e. The number of rotatable bonds is 5. The minimum atomic E-state index is -0.313. The molecule has 5 nitrogen and oxygen atoms in total. The summed E-state index contributed by atoms with van der Waals surface area (Å²) in [7, 11) is 0. The molecule has 1 aliphatic carbocycles. The van der Waals surface area contributed by atoms with Crippen molar-refractivity contribution in [1.82, 2.24) is 10.6 Å². The third-order valence-corrected chi connectivity index (χ3v) is 4.78. The first-order chi connectivity index (χ1) is 12.5. The summed E-state index contributed by atoms with van der Waals surface area (Å²) in [5.41, 5.74) is 2.86. The van der Waals surface area contributed by atoms with Crippen molar-refractivity contribution in [3.8, 4) is 0 Å². The minimum absolute atomic E-state index is 0.168. The Morgan fingerprint density at radius 3 is 2.54 bits per heavy atom. The van der Waals surface area contributed by atoms with Crippen molar-refractivity contribution in [2.75, 3.05) is 0 Å². The fourth-order valence-corrected chi connectivity index (χ4v) is 3.08. The second-order valence-electron chi connectivity index (χ2n) is 6.78. The van der Waals surface area contributed by atoms with Crippen molar-refractivity contribution in [1.29, 1.82) is 0 Å². The van der Waals surface area contributed by atoms with Crippen LogP contribution < -0.4 is 10.6 Å². The molecule has 2 amide bonds. The molecule has 0 atom stereocenters. The lowest BCUT2D eigenvalue weighted by Gasteiger charge is -2.15. The van der Waals surface area contributed by atoms with Gasteiger partial charge in [-0.15, -0.1) is 0 Å². The molecule has 0 spiro atoms. The number of carbonyl (C=O) groups excluding carboxylic acids is 2. The molecule has 0 radical (unpaired) electrons. The monoisotopic (exact) mass is 352 g/mol. The zero-order valence-electron chi connectivity index (χ0n) is 15.2. The molecule has 1 aromatic carbocycles. The predicted octanol–water partition coefficient (Wildman–Crippen LogP) is 3.73. The molecule has 136 valence electrons. The highest BCUT2D eigenvalue weighted by atomic mass is 16.3. The minimum Gasteiger partial charge on any atom is -0.465 e. The van der Waals surface area contributed by atoms with E-state index >= 15 is 0 Å². The van der Waals surface area contributed by atoms with E-state index in [4.69, 9.17) is 4.42 Å². The number of hydrogen-bond acceptors (Lipinski definition) is 3. The van der Waals surface area contributed by atoms with Gasteiger partial charge in [-0.05, 0) is 62.1 Å². The van der Waals surface area contributed by atoms with E-state index in [0.29, 0.717) is 11.3 Å². The zero-order valence-corrected chi connectivity index (χ0v) is 15.2. The lowest BCUT2D eigenvalue weighted by Crippen LogP contribution is -2.39. The molecule has 1 fully saturated rings. The van der Waals surface area contributed by atoms with Gasteiger partial charge in [0.25, 0.3) is 11.8 Å². The van der Waals surface area contributed by atoms with Gasteiger partial charge in [0.05, 0.1) is 6.26 Å². The first kappa shape index (κ1) is 18.0. The van der Waals surface area contributed by atoms with Crippen LogP contribution in [0.3, 0.4) is 0 Å². The fraction of sp³-hybridized carbons (Fsp3) is 0.333. The Balaban J connectivity index is 1.79. The van der Waals surface area contributed by atoms with E-state index in [1.165, 1.54) is 6.26 Å². The first-order valence-electron chi connectivity index (χ1n) is 8.97. The van der Waals surface area contributed by atoms with Crippen molar-refractivity contribution in [3.05, 3.63) is 64.7 Å². The highest BCUT2D eigenvalue weighted by Crippen LogP contribution is 2.18. The Hall–Kier alpha value is -2.82. The number of aryl methyl sites for hydroxylation is 2. The van der Waals surface area contributed by atoms with Gasteiger partial charge in [-0.1, -0.05) is 18.9 Å². The van der Waals surface area contributed by atoms with E-state index in [1.807, 2.05) is 26.0 Å². The molecule has 5 heteroatoms. The Morgan fingerprint density at radius 2 is 1.88 bits per heavy atom. The van der Waals surface area contributed by atoms with Crippen molar-refractivity contribution in [2.24, 2.45) is 0 Å². The second kappa shape index (κ2) is 8.04. The molecule has 1 saturated carbocycles. The summed E-state index contributed by atoms with van der Waals surface area (Å²) in [6, 6.07) is 9.13. The molecule has 1 aliphatic rings. The molecule has 0 saturated heterocycles. The summed E-state index contributed by atoms with van der Waals surface area (Å²) in [6.45, 7) is 3.95. The first-order valence-corrected chi connectivity index (χ1v) is 8.97. The van der Waals surface area contributed by atoms with Gasteiger partial charge in [0, 0.05) is 17.7 Å². The summed E-state index contributed by atoms with van der Waals surface area (Å²) in [5.74, 6) is -0.0834. The Bertz CT molecular complexity index is 816. The van der Waals surface area contributed by atoms with Gasteiger partial charge in [-0.25, -0.2) is 0 Å². The number of amides is 2. The molecule has 26 heavy (non-hydrogen) atoms. The fourth-order valence-electron chi connectivity index (χ4n) is 3.08. The summed E-state index contributed by atoms with van der Waals surface area (Å²) in [5, 5.41) is 5.75. The van der Waals surface area contributed by atoms with Gasteiger partial charge in [0.15, 0.2) is 0 Å². The molecule has 2 aromatic rings. The van der Waals surface area contributed by atoms with E-state index in [0.717, 1.165) is 36.8 Å². The Morgan fingerprint density at radius 1 is 1.12 bits per heavy atom. The summed E-state index contributed by atoms with van der Waals surface area (Å²) in [4.78, 5) is 25.3. The number of benzene rings is 1. The number of hydrogen-bond donors (Lipinski definition) is 2. The maximum atomic E-state index is 12.7. The van der Waals surface area contributed by atoms with Crippen LogP contribution in [-0.4, -0.2) is 17.9 Å². The Labute approximate surface area is 153 Å². The van der Waals surface area contributed by atoms with Crippen LogP contribution in [0.15, 0.2) is 46.7 Å². The van der Waals surface area contributed by atoms with Crippen molar-refractivity contribution in [2.45, 2.75) is 45.6 Å². The van der Waals surface area contributed by atoms with Crippen LogP contribution in [0, 0.1) is 13.8 Å². The number of furan rings is 1. The smallest absolute Gasteiger partial charge is 0.268 e. The summed E-state index contributed by atoms with van der Waals surface area (Å²) < 4.78 is 5.30. The van der Waals surface area contributed by atoms with Crippen LogP contribution in [0.4, 0.5) is 0 Å². The topological polar surface area (TPSA) is 71.3 Å². The molecule has 2 N–H and O–H groups in total. The zero-order chi connectivity index (χ0) is 18.5. The molecule has 0 bridgehead atoms. The molecule has 0 unspecified atom stereocenters. The van der Waals surface area contributed by atoms with E-state index < -0.39 is 0 Å². The maximum absolute atomic E-state index is 12.7. The Kier molecular flexibility index (Phi) is 5.56. The highest BCUT2D eigenvalue weighted by Gasteiger charge is 2.21. The third-order valence-electron chi connectivity index (χ3n) is 4.78. The standard InChI is InChI=1S/C21H24N2O3/c1-14-9-10-16(12-15(14)2)20(24)23-19(13-18-8-5-11-26-18)21(25)22-17-6-3-4-7-17/h5,8-13,17H,3-4,6-7H2,1-2H3,(H,22,25)(H,23,24). The van der Waals surface area contributed by atoms with Crippen LogP contribution in [-0.2, 0) is 4.79 Å². The van der Waals surface area contributed by atoms with Gasteiger partial charge in [0.2, 0.25) is 0 Å². The molecule has 0 aliphatic heterocycles. The summed E-state index contributed by atoms with van der Waals surface area (Å²) >= 11 is 0. The van der Waals surface area contributed by atoms with Crippen molar-refractivity contribution < 1.29 is 14.0 Å². The SMILES string of the molecule is Cc1ccc(C(=O)NC(=Cc2ccco2)C(=O)NC2CCCC2)cc1C. The third kappa shape index (κ3) is 4.42. The van der Waals surface area contributed by atoms with E-state index in [1.54, 1.807) is 24.3 Å². The molecule has 3 rings (SSSR count). The second-order valence-corrected chi connectivity index (χ2v) is 6.78. The normalized spacial score (nSPS) is 15.1. The van der Waals surface area contributed by atoms with Gasteiger partial charge < -0.3 is 15.1 Å². The van der Waals surface area contributed by atoms with Gasteiger partial charge >= 0.3 is 0 Å². The van der Waals surface area contributed by atoms with Crippen LogP contribution in [0.25, 0.3) is 6.08 Å². The average molecular weight is 352 g/mol. The lowest BCUT2D eigenvalue weighted by atomic mass is 10.1. The van der Waals surface area contributed by atoms with Crippen LogP contribution in [0.5, 0.6) is 0 Å². The van der Waals surface area contributed by atoms with E-state index in [-0.39, 0.29) is 23.6 Å². The highest BCUT2D eigenvalue weighted by molar-refractivity contribution is 6.05. The van der Waals surface area contributed by atoms with Crippen LogP contribution in [0.2, 0.25) is 0 Å². The lowest BCUT2D eigenvalue weighted by molar-refractivity contribution is -0.118. The van der Waals surface area contributed by atoms with Crippen molar-refractivity contribution >= 4 is 17.9 Å². The average Bonchev–Trinajstić information content (AvgIpc) is 3.30. The van der Waals surface area contributed by atoms with E-state index in [9.17, 15) is 9.59 Å². The molecular formula is C21H24N2O3. The van der Waals surface area contributed by atoms with Gasteiger partial charge in [-0.2, -0.15) is 0 Å². The van der Waals surface area contributed by atoms with Gasteiger partial charge in [0.1, 0.15) is 11.5 Å². The van der Waals surface area contributed by atoms with Gasteiger partial charge in [-0.3, -0.25) is 9.59 Å². The number of carbonyl (C=O) groups is 2. The predicted molar refractivity (Wildman–Crippen MR) is 100 cm³/mol. The quantitative estimate of drug-likeness (QED) is 0.806. The van der Waals surface area contributed by atoms with E-state index in [2.05, 4.69) is 10.6 Å². The molecular weight excluding hydrogens is 328 g/mol. The van der Waals surface area contributed by atoms with Crippen molar-refractivity contribution in [3.63, 3.8) is 0 Å². The largest absolute Gasteiger partial charge is 0.465 e. The molecule has 1 heterocycles. The number of nitrogens with one attached hydrogen (secondary N) is 2. The van der Waals surface area contributed by atoms with Crippen LogP contribution in [0.1, 0.15) is 52.9 Å².